The molecule has 0 heterocycles. The lowest BCUT2D eigenvalue weighted by molar-refractivity contribution is -0.159. The Bertz CT molecular complexity index is 713. The van der Waals surface area contributed by atoms with Crippen molar-refractivity contribution in [1.82, 2.24) is 0 Å². The number of carbonyl (C=O) groups is 2. The monoisotopic (exact) mass is 444 g/mol. The summed E-state index contributed by atoms with van der Waals surface area (Å²) in [7, 11) is 0. The number of carboxylic acid groups (broad SMARTS) is 1. The molecule has 0 spiro atoms. The van der Waals surface area contributed by atoms with E-state index in [4.69, 9.17) is 0 Å². The summed E-state index contributed by atoms with van der Waals surface area (Å²) in [5, 5.41) is 9.28. The first-order chi connectivity index (χ1) is 15.1. The molecule has 0 aliphatic heterocycles. The zero-order valence-electron chi connectivity index (χ0n) is 21.4. The van der Waals surface area contributed by atoms with E-state index in [0.717, 1.165) is 43.4 Å². The maximum atomic E-state index is 13.6. The molecule has 0 aromatic rings. The highest BCUT2D eigenvalue weighted by atomic mass is 16.4. The van der Waals surface area contributed by atoms with Crippen LogP contribution in [0.4, 0.5) is 0 Å². The predicted octanol–water partition coefficient (Wildman–Crippen LogP) is 7.38. The summed E-state index contributed by atoms with van der Waals surface area (Å²) in [6, 6.07) is 0. The minimum Gasteiger partial charge on any atom is -0.481 e. The average molecular weight is 445 g/mol. The lowest BCUT2D eigenvalue weighted by atomic mass is 9.43. The summed E-state index contributed by atoms with van der Waals surface area (Å²) >= 11 is 0. The van der Waals surface area contributed by atoms with E-state index >= 15 is 0 Å². The lowest BCUT2D eigenvalue weighted by Crippen LogP contribution is -2.57. The van der Waals surface area contributed by atoms with Gasteiger partial charge in [0.1, 0.15) is 5.78 Å². The molecule has 0 radical (unpaired) electrons. The fourth-order valence-corrected chi connectivity index (χ4v) is 9.48. The molecule has 182 valence electrons. The Morgan fingerprint density at radius 1 is 1.00 bits per heavy atom. The van der Waals surface area contributed by atoms with E-state index < -0.39 is 5.97 Å². The number of carbonyl (C=O) groups excluding carboxylic acids is 1. The van der Waals surface area contributed by atoms with Gasteiger partial charge in [0.25, 0.3) is 0 Å². The molecule has 3 heteroatoms. The van der Waals surface area contributed by atoms with Gasteiger partial charge in [-0.2, -0.15) is 0 Å². The molecule has 0 saturated heterocycles. The van der Waals surface area contributed by atoms with Gasteiger partial charge in [-0.05, 0) is 97.2 Å². The minimum absolute atomic E-state index is 0.246. The number of Topliss-reactive ketones (excluding diaryl/α,β-unsaturated/α-hetero) is 1. The van der Waals surface area contributed by atoms with Crippen LogP contribution in [0.25, 0.3) is 0 Å². The Balaban J connectivity index is 1.48. The number of fused-ring (bicyclic) bond motifs is 5. The SMILES string of the molecule is CC(C)CCC[C@@H](C)[C@H]1CC[C@H]2[C@@H]3C(=O)CC4CC(CC(=O)O)CC[C@]4(C)[C@H]3CC[C@]12C. The van der Waals surface area contributed by atoms with Crippen molar-refractivity contribution in [1.29, 1.82) is 0 Å². The molecule has 0 aromatic heterocycles. The summed E-state index contributed by atoms with van der Waals surface area (Å²) in [6.07, 6.45) is 13.2. The summed E-state index contributed by atoms with van der Waals surface area (Å²) in [5.74, 6) is 4.29. The molecule has 0 amide bonds. The first kappa shape index (κ1) is 24.3. The predicted molar refractivity (Wildman–Crippen MR) is 129 cm³/mol. The second-order valence-corrected chi connectivity index (χ2v) is 13.4. The molecule has 4 aliphatic carbocycles. The van der Waals surface area contributed by atoms with E-state index in [0.29, 0.717) is 29.0 Å². The zero-order valence-corrected chi connectivity index (χ0v) is 21.4. The number of carboxylic acids is 1. The molecule has 4 aliphatic rings. The van der Waals surface area contributed by atoms with Crippen LogP contribution in [0.15, 0.2) is 0 Å². The van der Waals surface area contributed by atoms with Gasteiger partial charge in [-0.25, -0.2) is 0 Å². The van der Waals surface area contributed by atoms with Crippen LogP contribution < -0.4 is 0 Å². The smallest absolute Gasteiger partial charge is 0.303 e. The van der Waals surface area contributed by atoms with Gasteiger partial charge in [0.2, 0.25) is 0 Å². The molecule has 0 bridgehead atoms. The van der Waals surface area contributed by atoms with Crippen LogP contribution in [0.1, 0.15) is 112 Å². The third kappa shape index (κ3) is 4.20. The first-order valence-corrected chi connectivity index (χ1v) is 13.8. The highest BCUT2D eigenvalue weighted by Crippen LogP contribution is 2.68. The van der Waals surface area contributed by atoms with Crippen LogP contribution in [0.2, 0.25) is 0 Å². The molecular weight excluding hydrogens is 396 g/mol. The Labute approximate surface area is 196 Å². The second-order valence-electron chi connectivity index (χ2n) is 13.4. The van der Waals surface area contributed by atoms with E-state index in [1.54, 1.807) is 0 Å². The molecule has 1 N–H and O–H groups in total. The van der Waals surface area contributed by atoms with Crippen LogP contribution in [-0.4, -0.2) is 16.9 Å². The van der Waals surface area contributed by atoms with Gasteiger partial charge in [0.05, 0.1) is 0 Å². The summed E-state index contributed by atoms with van der Waals surface area (Å²) in [6.45, 7) is 12.2. The van der Waals surface area contributed by atoms with Crippen molar-refractivity contribution >= 4 is 11.8 Å². The van der Waals surface area contributed by atoms with Crippen molar-refractivity contribution in [3.63, 3.8) is 0 Å². The van der Waals surface area contributed by atoms with E-state index in [-0.39, 0.29) is 23.7 Å². The maximum absolute atomic E-state index is 13.6. The Morgan fingerprint density at radius 3 is 2.38 bits per heavy atom. The quantitative estimate of drug-likeness (QED) is 0.446. The average Bonchev–Trinajstić information content (AvgIpc) is 3.05. The van der Waals surface area contributed by atoms with Gasteiger partial charge in [-0.1, -0.05) is 53.9 Å². The first-order valence-electron chi connectivity index (χ1n) is 13.8. The molecule has 4 rings (SSSR count). The summed E-state index contributed by atoms with van der Waals surface area (Å²) in [4.78, 5) is 24.9. The zero-order chi connectivity index (χ0) is 23.3. The number of ketones is 1. The topological polar surface area (TPSA) is 54.4 Å². The van der Waals surface area contributed by atoms with Gasteiger partial charge < -0.3 is 5.11 Å². The summed E-state index contributed by atoms with van der Waals surface area (Å²) < 4.78 is 0. The second kappa shape index (κ2) is 9.06. The fraction of sp³-hybridized carbons (Fsp3) is 0.931. The maximum Gasteiger partial charge on any atom is 0.303 e. The van der Waals surface area contributed by atoms with Gasteiger partial charge in [0, 0.05) is 18.8 Å². The molecule has 0 aromatic carbocycles. The third-order valence-electron chi connectivity index (χ3n) is 11.2. The van der Waals surface area contributed by atoms with Gasteiger partial charge in [-0.3, -0.25) is 9.59 Å². The molecular formula is C29H48O3. The van der Waals surface area contributed by atoms with Crippen molar-refractivity contribution in [2.75, 3.05) is 0 Å². The van der Waals surface area contributed by atoms with Crippen molar-refractivity contribution in [3.8, 4) is 0 Å². The van der Waals surface area contributed by atoms with E-state index in [1.165, 1.54) is 44.9 Å². The van der Waals surface area contributed by atoms with Gasteiger partial charge >= 0.3 is 5.97 Å². The molecule has 32 heavy (non-hydrogen) atoms. The number of aliphatic carboxylic acids is 1. The highest BCUT2D eigenvalue weighted by Gasteiger charge is 2.63. The standard InChI is InChI=1S/C29H48O3/c1-18(2)7-6-8-19(3)22-9-10-23-27-24(12-14-29(22,23)5)28(4)13-11-20(16-26(31)32)15-21(28)17-25(27)30/h18-24,27H,6-17H2,1-5H3,(H,31,32)/t19-,20?,21?,22-,23+,24+,27+,28+,29-/m1/s1. The van der Waals surface area contributed by atoms with Gasteiger partial charge in [0.15, 0.2) is 0 Å². The van der Waals surface area contributed by atoms with E-state index in [1.807, 2.05) is 0 Å². The van der Waals surface area contributed by atoms with Crippen molar-refractivity contribution in [2.24, 2.45) is 58.2 Å². The van der Waals surface area contributed by atoms with Crippen molar-refractivity contribution in [2.45, 2.75) is 112 Å². The van der Waals surface area contributed by atoms with Gasteiger partial charge in [-0.15, -0.1) is 0 Å². The van der Waals surface area contributed by atoms with E-state index in [9.17, 15) is 14.7 Å². The normalized spacial score (nSPS) is 44.6. The molecule has 3 nitrogen and oxygen atoms in total. The summed E-state index contributed by atoms with van der Waals surface area (Å²) in [5.41, 5.74) is 0.591. The van der Waals surface area contributed by atoms with Crippen LogP contribution in [0, 0.1) is 58.2 Å². The third-order valence-corrected chi connectivity index (χ3v) is 11.2. The molecule has 2 unspecified atom stereocenters. The number of hydrogen-bond acceptors (Lipinski definition) is 2. The largest absolute Gasteiger partial charge is 0.481 e. The van der Waals surface area contributed by atoms with Crippen molar-refractivity contribution < 1.29 is 14.7 Å². The van der Waals surface area contributed by atoms with Crippen LogP contribution in [0.5, 0.6) is 0 Å². The fourth-order valence-electron chi connectivity index (χ4n) is 9.48. The molecule has 4 saturated carbocycles. The van der Waals surface area contributed by atoms with Crippen LogP contribution >= 0.6 is 0 Å². The van der Waals surface area contributed by atoms with Crippen LogP contribution in [0.3, 0.4) is 0 Å². The molecule has 4 fully saturated rings. The van der Waals surface area contributed by atoms with Crippen molar-refractivity contribution in [3.05, 3.63) is 0 Å². The Morgan fingerprint density at radius 2 is 1.69 bits per heavy atom. The number of hydrogen-bond donors (Lipinski definition) is 1. The Hall–Kier alpha value is -0.860. The highest BCUT2D eigenvalue weighted by molar-refractivity contribution is 5.83. The molecule has 9 atom stereocenters. The minimum atomic E-state index is -0.674. The Kier molecular flexibility index (Phi) is 6.87. The van der Waals surface area contributed by atoms with Crippen LogP contribution in [-0.2, 0) is 9.59 Å². The number of rotatable bonds is 7. The van der Waals surface area contributed by atoms with E-state index in [2.05, 4.69) is 34.6 Å². The lowest BCUT2D eigenvalue weighted by Gasteiger charge is -2.60.